The van der Waals surface area contributed by atoms with Crippen molar-refractivity contribution in [2.45, 2.75) is 25.4 Å². The summed E-state index contributed by atoms with van der Waals surface area (Å²) in [6.45, 7) is 1.37. The van der Waals surface area contributed by atoms with Crippen LogP contribution in [-0.2, 0) is 16.0 Å². The number of amides is 3. The number of rotatable bonds is 10. The molecule has 4 aromatic carbocycles. The summed E-state index contributed by atoms with van der Waals surface area (Å²) in [5.74, 6) is 4.15. The molecule has 0 aliphatic carbocycles. The molecule has 11 heteroatoms. The first-order valence-electron chi connectivity index (χ1n) is 12.4. The minimum atomic E-state index is -1.90. The number of nitro benzene ring substituents is 1. The second-order valence-corrected chi connectivity index (χ2v) is 9.22. The predicted octanol–water partition coefficient (Wildman–Crippen LogP) is 3.35. The van der Waals surface area contributed by atoms with Crippen molar-refractivity contribution in [1.29, 1.82) is 0 Å². The van der Waals surface area contributed by atoms with Crippen LogP contribution in [0.3, 0.4) is 0 Å². The smallest absolute Gasteiger partial charge is 0.285 e. The highest BCUT2D eigenvalue weighted by molar-refractivity contribution is 6.09. The molecule has 0 spiro atoms. The average molecular weight is 541 g/mol. The molecule has 4 rings (SSSR count). The summed E-state index contributed by atoms with van der Waals surface area (Å²) in [5, 5.41) is 18.7. The second kappa shape index (κ2) is 12.0. The van der Waals surface area contributed by atoms with E-state index in [1.807, 2.05) is 18.2 Å². The highest BCUT2D eigenvalue weighted by Crippen LogP contribution is 2.19. The van der Waals surface area contributed by atoms with Crippen molar-refractivity contribution in [1.82, 2.24) is 16.1 Å². The van der Waals surface area contributed by atoms with Crippen molar-refractivity contribution in [2.75, 3.05) is 5.12 Å². The monoisotopic (exact) mass is 540 g/mol. The molecule has 0 saturated heterocycles. The SMILES string of the molecule is C[C@](NC(=O)CCc1ccc([N+](=O)[O-])cc1)(NC(=O)c1cccc2ccccc12)C(=O)NN(N)c1ccccc1. The lowest BCUT2D eigenvalue weighted by Crippen LogP contribution is -2.69. The van der Waals surface area contributed by atoms with Crippen LogP contribution in [0.5, 0.6) is 0 Å². The maximum Gasteiger partial charge on any atom is 0.285 e. The van der Waals surface area contributed by atoms with Crippen molar-refractivity contribution < 1.29 is 19.3 Å². The Morgan fingerprint density at radius 2 is 1.52 bits per heavy atom. The minimum absolute atomic E-state index is 0.0458. The normalized spacial score (nSPS) is 12.2. The number of anilines is 1. The summed E-state index contributed by atoms with van der Waals surface area (Å²) in [5.41, 5.74) is 2.05. The first-order valence-corrected chi connectivity index (χ1v) is 12.4. The molecule has 0 fully saturated rings. The predicted molar refractivity (Wildman–Crippen MR) is 151 cm³/mol. The molecule has 40 heavy (non-hydrogen) atoms. The summed E-state index contributed by atoms with van der Waals surface area (Å²) in [6.07, 6.45) is 0.210. The van der Waals surface area contributed by atoms with Crippen LogP contribution in [0.1, 0.15) is 29.3 Å². The molecule has 0 saturated carbocycles. The maximum absolute atomic E-state index is 13.5. The fraction of sp³-hybridized carbons (Fsp3) is 0.138. The van der Waals surface area contributed by atoms with Crippen LogP contribution < -0.4 is 27.0 Å². The number of carbonyl (C=O) groups is 3. The van der Waals surface area contributed by atoms with Gasteiger partial charge >= 0.3 is 0 Å². The van der Waals surface area contributed by atoms with E-state index in [1.54, 1.807) is 66.7 Å². The van der Waals surface area contributed by atoms with Crippen LogP contribution in [0.4, 0.5) is 11.4 Å². The Hall–Kier alpha value is -5.29. The molecule has 0 radical (unpaired) electrons. The summed E-state index contributed by atoms with van der Waals surface area (Å²) in [4.78, 5) is 50.3. The molecule has 0 bridgehead atoms. The van der Waals surface area contributed by atoms with Gasteiger partial charge in [0, 0.05) is 24.1 Å². The molecule has 11 nitrogen and oxygen atoms in total. The van der Waals surface area contributed by atoms with Gasteiger partial charge in [0.1, 0.15) is 0 Å². The van der Waals surface area contributed by atoms with Gasteiger partial charge in [0.25, 0.3) is 17.5 Å². The number of aryl methyl sites for hydroxylation is 1. The van der Waals surface area contributed by atoms with E-state index < -0.39 is 28.3 Å². The minimum Gasteiger partial charge on any atom is -0.326 e. The fourth-order valence-electron chi connectivity index (χ4n) is 4.12. The molecule has 0 unspecified atom stereocenters. The molecule has 204 valence electrons. The van der Waals surface area contributed by atoms with Gasteiger partial charge in [0.05, 0.1) is 10.6 Å². The number of non-ortho nitro benzene ring substituents is 1. The van der Waals surface area contributed by atoms with Gasteiger partial charge in [-0.05, 0) is 47.9 Å². The molecular formula is C29H28N6O5. The molecule has 3 amide bonds. The first kappa shape index (κ1) is 27.7. The van der Waals surface area contributed by atoms with Gasteiger partial charge in [-0.15, -0.1) is 0 Å². The molecule has 0 heterocycles. The van der Waals surface area contributed by atoms with Crippen LogP contribution in [0.25, 0.3) is 10.8 Å². The van der Waals surface area contributed by atoms with Crippen LogP contribution in [0, 0.1) is 10.1 Å². The Labute approximate surface area is 230 Å². The van der Waals surface area contributed by atoms with E-state index >= 15 is 0 Å². The van der Waals surface area contributed by atoms with Crippen LogP contribution in [0.2, 0.25) is 0 Å². The van der Waals surface area contributed by atoms with E-state index in [0.717, 1.165) is 10.5 Å². The lowest BCUT2D eigenvalue weighted by atomic mass is 10.0. The van der Waals surface area contributed by atoms with Crippen molar-refractivity contribution in [3.63, 3.8) is 0 Å². The molecule has 5 N–H and O–H groups in total. The zero-order valence-electron chi connectivity index (χ0n) is 21.7. The van der Waals surface area contributed by atoms with Crippen molar-refractivity contribution in [3.05, 3.63) is 118 Å². The summed E-state index contributed by atoms with van der Waals surface area (Å²) < 4.78 is 0. The zero-order chi connectivity index (χ0) is 28.7. The number of nitrogens with zero attached hydrogens (tertiary/aromatic N) is 2. The highest BCUT2D eigenvalue weighted by atomic mass is 16.6. The van der Waals surface area contributed by atoms with Crippen molar-refractivity contribution in [3.8, 4) is 0 Å². The van der Waals surface area contributed by atoms with E-state index in [1.165, 1.54) is 19.1 Å². The third-order valence-electron chi connectivity index (χ3n) is 6.29. The Balaban J connectivity index is 1.54. The van der Waals surface area contributed by atoms with E-state index in [-0.39, 0.29) is 18.5 Å². The molecule has 4 aromatic rings. The number of carbonyl (C=O) groups excluding carboxylic acids is 3. The largest absolute Gasteiger partial charge is 0.326 e. The van der Waals surface area contributed by atoms with Gasteiger partial charge in [0.2, 0.25) is 5.91 Å². The Morgan fingerprint density at radius 3 is 2.23 bits per heavy atom. The van der Waals surface area contributed by atoms with Crippen LogP contribution in [-0.4, -0.2) is 28.3 Å². The van der Waals surface area contributed by atoms with Crippen molar-refractivity contribution in [2.24, 2.45) is 5.84 Å². The number of para-hydroxylation sites is 1. The van der Waals surface area contributed by atoms with Crippen LogP contribution >= 0.6 is 0 Å². The Bertz CT molecular complexity index is 1540. The number of nitrogens with one attached hydrogen (secondary N) is 3. The standard InChI is InChI=1S/C29H28N6O5/c1-29(28(38)33-34(30)22-10-3-2-4-11-22,31-26(36)19-16-20-14-17-23(18-15-20)35(39)40)32-27(37)25-13-7-9-21-8-5-6-12-24(21)25/h2-15,17-18H,16,19,30H2,1H3,(H,31,36)(H,32,37)(H,33,38)/t29-/m0/s1. The average Bonchev–Trinajstić information content (AvgIpc) is 2.96. The third kappa shape index (κ3) is 6.58. The number of hydrogen-bond acceptors (Lipinski definition) is 7. The maximum atomic E-state index is 13.5. The van der Waals surface area contributed by atoms with Crippen molar-refractivity contribution >= 4 is 39.9 Å². The third-order valence-corrected chi connectivity index (χ3v) is 6.29. The second-order valence-electron chi connectivity index (χ2n) is 9.22. The van der Waals surface area contributed by atoms with E-state index in [9.17, 15) is 24.5 Å². The molecule has 0 aliphatic heterocycles. The highest BCUT2D eigenvalue weighted by Gasteiger charge is 2.38. The zero-order valence-corrected chi connectivity index (χ0v) is 21.7. The Kier molecular flexibility index (Phi) is 8.36. The van der Waals surface area contributed by atoms with E-state index in [4.69, 9.17) is 5.84 Å². The number of fused-ring (bicyclic) bond motifs is 1. The Morgan fingerprint density at radius 1 is 0.875 bits per heavy atom. The van der Waals surface area contributed by atoms with Gasteiger partial charge in [-0.3, -0.25) is 24.5 Å². The van der Waals surface area contributed by atoms with Gasteiger partial charge in [-0.2, -0.15) is 0 Å². The van der Waals surface area contributed by atoms with E-state index in [0.29, 0.717) is 22.2 Å². The number of hydrogen-bond donors (Lipinski definition) is 4. The molecular weight excluding hydrogens is 512 g/mol. The number of hydrazine groups is 2. The van der Waals surface area contributed by atoms with Gasteiger partial charge in [0.15, 0.2) is 5.66 Å². The molecule has 0 aromatic heterocycles. The first-order chi connectivity index (χ1) is 19.2. The summed E-state index contributed by atoms with van der Waals surface area (Å²) in [7, 11) is 0. The topological polar surface area (TPSA) is 160 Å². The fourth-order valence-corrected chi connectivity index (χ4v) is 4.12. The number of nitrogens with two attached hydrogens (primary N) is 1. The molecule has 0 aliphatic rings. The van der Waals surface area contributed by atoms with Crippen LogP contribution in [0.15, 0.2) is 97.1 Å². The summed E-state index contributed by atoms with van der Waals surface area (Å²) in [6, 6.07) is 27.0. The number of nitro groups is 1. The summed E-state index contributed by atoms with van der Waals surface area (Å²) >= 11 is 0. The van der Waals surface area contributed by atoms with Gasteiger partial charge in [-0.1, -0.05) is 66.7 Å². The quantitative estimate of drug-likeness (QED) is 0.104. The van der Waals surface area contributed by atoms with Gasteiger partial charge < -0.3 is 10.6 Å². The lowest BCUT2D eigenvalue weighted by Gasteiger charge is -2.33. The van der Waals surface area contributed by atoms with Gasteiger partial charge in [-0.25, -0.2) is 16.4 Å². The number of benzene rings is 4. The molecule has 1 atom stereocenters. The lowest BCUT2D eigenvalue weighted by molar-refractivity contribution is -0.384. The van der Waals surface area contributed by atoms with E-state index in [2.05, 4.69) is 16.1 Å².